The van der Waals surface area contributed by atoms with Gasteiger partial charge < -0.3 is 5.73 Å². The lowest BCUT2D eigenvalue weighted by Crippen LogP contribution is -1.97. The van der Waals surface area contributed by atoms with Gasteiger partial charge >= 0.3 is 0 Å². The molecule has 248 valence electrons. The molecule has 0 unspecified atom stereocenters. The number of rotatable bonds is 37. The van der Waals surface area contributed by atoms with Crippen LogP contribution in [-0.4, -0.2) is 6.54 Å². The Morgan fingerprint density at radius 3 is 0.537 bits per heavy atom. The molecule has 0 spiro atoms. The second kappa shape index (κ2) is 38.0. The van der Waals surface area contributed by atoms with Crippen molar-refractivity contribution in [3.05, 3.63) is 0 Å². The molecule has 1 heteroatoms. The molecular weight excluding hydrogens is 494 g/mol. The molecule has 0 heterocycles. The molecule has 0 aliphatic carbocycles. The van der Waals surface area contributed by atoms with Crippen LogP contribution in [0.2, 0.25) is 0 Å². The van der Waals surface area contributed by atoms with Crippen molar-refractivity contribution in [3.8, 4) is 0 Å². The summed E-state index contributed by atoms with van der Waals surface area (Å²) in [5, 5.41) is 0. The molecule has 2 N–H and O–H groups in total. The van der Waals surface area contributed by atoms with Crippen LogP contribution in [0, 0.1) is 5.92 Å². The second-order valence-electron chi connectivity index (χ2n) is 14.3. The van der Waals surface area contributed by atoms with Gasteiger partial charge in [-0.25, -0.2) is 0 Å². The fraction of sp³-hybridized carbons (Fsp3) is 1.00. The lowest BCUT2D eigenvalue weighted by Gasteiger charge is -2.05. The van der Waals surface area contributed by atoms with Crippen LogP contribution in [-0.2, 0) is 0 Å². The van der Waals surface area contributed by atoms with Gasteiger partial charge in [0.25, 0.3) is 0 Å². The molecule has 0 aromatic carbocycles. The zero-order chi connectivity index (χ0) is 29.7. The normalized spacial score (nSPS) is 11.7. The van der Waals surface area contributed by atoms with Gasteiger partial charge in [0.05, 0.1) is 0 Å². The molecule has 0 saturated carbocycles. The maximum atomic E-state index is 5.55. The van der Waals surface area contributed by atoms with Crippen molar-refractivity contribution >= 4 is 0 Å². The fourth-order valence-electron chi connectivity index (χ4n) is 6.53. The molecule has 0 aliphatic rings. The molecule has 41 heavy (non-hydrogen) atoms. The minimum Gasteiger partial charge on any atom is -0.330 e. The maximum Gasteiger partial charge on any atom is -0.00773 e. The van der Waals surface area contributed by atoms with Crippen molar-refractivity contribution < 1.29 is 0 Å². The molecule has 0 bridgehead atoms. The van der Waals surface area contributed by atoms with Gasteiger partial charge in [0.2, 0.25) is 0 Å². The molecule has 0 rings (SSSR count). The van der Waals surface area contributed by atoms with Gasteiger partial charge in [-0.1, -0.05) is 239 Å². The zero-order valence-corrected chi connectivity index (χ0v) is 29.3. The molecule has 0 aliphatic heterocycles. The summed E-state index contributed by atoms with van der Waals surface area (Å²) >= 11 is 0. The van der Waals surface area contributed by atoms with Gasteiger partial charge in [-0.15, -0.1) is 0 Å². The van der Waals surface area contributed by atoms with Crippen molar-refractivity contribution in [2.75, 3.05) is 6.54 Å². The summed E-state index contributed by atoms with van der Waals surface area (Å²) < 4.78 is 0. The Hall–Kier alpha value is -0.0400. The van der Waals surface area contributed by atoms with Crippen LogP contribution in [0.15, 0.2) is 0 Å². The highest BCUT2D eigenvalue weighted by molar-refractivity contribution is 4.53. The topological polar surface area (TPSA) is 26.0 Å². The standard InChI is InChI=1S/C40H83N/c1-40(2)38-36-34-32-30-28-26-24-22-20-18-16-14-12-10-8-6-4-3-5-7-9-11-13-15-17-19-21-23-25-27-29-31-33-35-37-39-41/h40H,3-39,41H2,1-2H3. The van der Waals surface area contributed by atoms with Crippen molar-refractivity contribution in [2.24, 2.45) is 11.7 Å². The summed E-state index contributed by atoms with van der Waals surface area (Å²) in [6, 6.07) is 0. The Balaban J connectivity index is 3.03. The maximum absolute atomic E-state index is 5.55. The summed E-state index contributed by atoms with van der Waals surface area (Å²) in [6.07, 6.45) is 52.8. The SMILES string of the molecule is CC(C)CCCCCCCCCCCCCCCCCCCCCCCCCCCCCCCCCCCCCN. The second-order valence-corrected chi connectivity index (χ2v) is 14.3. The summed E-state index contributed by atoms with van der Waals surface area (Å²) in [5.74, 6) is 0.895. The van der Waals surface area contributed by atoms with E-state index in [1.807, 2.05) is 0 Å². The molecule has 0 radical (unpaired) electrons. The minimum absolute atomic E-state index is 0.874. The number of nitrogens with two attached hydrogens (primary N) is 1. The van der Waals surface area contributed by atoms with Crippen molar-refractivity contribution in [1.29, 1.82) is 0 Å². The van der Waals surface area contributed by atoms with Crippen LogP contribution in [0.25, 0.3) is 0 Å². The van der Waals surface area contributed by atoms with Gasteiger partial charge in [-0.05, 0) is 18.9 Å². The predicted octanol–water partition coefficient (Wildman–Crippen LogP) is 14.6. The molecule has 0 saturated heterocycles. The Morgan fingerprint density at radius 1 is 0.244 bits per heavy atom. The summed E-state index contributed by atoms with van der Waals surface area (Å²) in [6.45, 7) is 5.57. The minimum atomic E-state index is 0.874. The lowest BCUT2D eigenvalue weighted by molar-refractivity contribution is 0.500. The first kappa shape index (κ1) is 41.0. The molecule has 0 aromatic heterocycles. The van der Waals surface area contributed by atoms with Gasteiger partial charge in [0, 0.05) is 0 Å². The number of hydrogen-bond acceptors (Lipinski definition) is 1. The summed E-state index contributed by atoms with van der Waals surface area (Å²) in [4.78, 5) is 0. The Morgan fingerprint density at radius 2 is 0.390 bits per heavy atom. The van der Waals surface area contributed by atoms with E-state index in [1.165, 1.54) is 231 Å². The molecule has 1 nitrogen and oxygen atoms in total. The van der Waals surface area contributed by atoms with E-state index < -0.39 is 0 Å². The highest BCUT2D eigenvalue weighted by atomic mass is 14.5. The fourth-order valence-corrected chi connectivity index (χ4v) is 6.53. The molecule has 0 fully saturated rings. The van der Waals surface area contributed by atoms with Crippen molar-refractivity contribution in [3.63, 3.8) is 0 Å². The van der Waals surface area contributed by atoms with E-state index in [0.717, 1.165) is 12.5 Å². The third kappa shape index (κ3) is 40.0. The Labute approximate surface area is 262 Å². The molecular formula is C40H83N. The van der Waals surface area contributed by atoms with Crippen LogP contribution >= 0.6 is 0 Å². The smallest absolute Gasteiger partial charge is 0.00773 e. The molecule has 0 aromatic rings. The van der Waals surface area contributed by atoms with E-state index in [9.17, 15) is 0 Å². The van der Waals surface area contributed by atoms with Crippen LogP contribution in [0.1, 0.15) is 245 Å². The average molecular weight is 578 g/mol. The highest BCUT2D eigenvalue weighted by Crippen LogP contribution is 2.17. The van der Waals surface area contributed by atoms with E-state index in [2.05, 4.69) is 13.8 Å². The monoisotopic (exact) mass is 578 g/mol. The highest BCUT2D eigenvalue weighted by Gasteiger charge is 1.98. The van der Waals surface area contributed by atoms with E-state index in [4.69, 9.17) is 5.73 Å². The molecule has 0 amide bonds. The van der Waals surface area contributed by atoms with Crippen LogP contribution in [0.3, 0.4) is 0 Å². The van der Waals surface area contributed by atoms with Crippen LogP contribution in [0.4, 0.5) is 0 Å². The van der Waals surface area contributed by atoms with Gasteiger partial charge in [0.15, 0.2) is 0 Å². The first-order valence-electron chi connectivity index (χ1n) is 20.0. The third-order valence-corrected chi connectivity index (χ3v) is 9.49. The summed E-state index contributed by atoms with van der Waals surface area (Å²) in [5.41, 5.74) is 5.55. The van der Waals surface area contributed by atoms with E-state index >= 15 is 0 Å². The van der Waals surface area contributed by atoms with E-state index in [1.54, 1.807) is 0 Å². The Kier molecular flexibility index (Phi) is 37.9. The first-order chi connectivity index (χ1) is 20.3. The van der Waals surface area contributed by atoms with E-state index in [0.29, 0.717) is 0 Å². The van der Waals surface area contributed by atoms with Gasteiger partial charge in [-0.3, -0.25) is 0 Å². The van der Waals surface area contributed by atoms with Crippen LogP contribution < -0.4 is 5.73 Å². The van der Waals surface area contributed by atoms with Crippen LogP contribution in [0.5, 0.6) is 0 Å². The predicted molar refractivity (Wildman–Crippen MR) is 190 cm³/mol. The van der Waals surface area contributed by atoms with Crippen molar-refractivity contribution in [2.45, 2.75) is 245 Å². The zero-order valence-electron chi connectivity index (χ0n) is 29.3. The largest absolute Gasteiger partial charge is 0.330 e. The lowest BCUT2D eigenvalue weighted by atomic mass is 10.0. The number of hydrogen-bond donors (Lipinski definition) is 1. The van der Waals surface area contributed by atoms with E-state index in [-0.39, 0.29) is 0 Å². The van der Waals surface area contributed by atoms with Gasteiger partial charge in [0.1, 0.15) is 0 Å². The average Bonchev–Trinajstić information content (AvgIpc) is 2.97. The molecule has 0 atom stereocenters. The summed E-state index contributed by atoms with van der Waals surface area (Å²) in [7, 11) is 0. The van der Waals surface area contributed by atoms with Crippen molar-refractivity contribution in [1.82, 2.24) is 0 Å². The Bertz CT molecular complexity index is 431. The first-order valence-corrected chi connectivity index (χ1v) is 20.0. The van der Waals surface area contributed by atoms with Gasteiger partial charge in [-0.2, -0.15) is 0 Å². The third-order valence-electron chi connectivity index (χ3n) is 9.49. The number of unbranched alkanes of at least 4 members (excludes halogenated alkanes) is 34. The quantitative estimate of drug-likeness (QED) is 0.0730.